The van der Waals surface area contributed by atoms with E-state index in [0.717, 1.165) is 12.8 Å². The van der Waals surface area contributed by atoms with Crippen LogP contribution in [-0.2, 0) is 9.53 Å². The number of rotatable bonds is 1. The summed E-state index contributed by atoms with van der Waals surface area (Å²) in [6.45, 7) is 2.88. The van der Waals surface area contributed by atoms with Gasteiger partial charge in [0.05, 0.1) is 18.4 Å². The molecule has 2 rings (SSSR count). The van der Waals surface area contributed by atoms with Crippen LogP contribution in [0.5, 0.6) is 0 Å². The quantitative estimate of drug-likeness (QED) is 0.670. The lowest BCUT2D eigenvalue weighted by molar-refractivity contribution is -0.134. The third-order valence-corrected chi connectivity index (χ3v) is 3.33. The Bertz CT molecular complexity index is 257. The Kier molecular flexibility index (Phi) is 2.02. The minimum Gasteiger partial charge on any atom is -0.500 e. The Labute approximate surface area is 77.4 Å². The van der Waals surface area contributed by atoms with Crippen molar-refractivity contribution in [1.82, 2.24) is 0 Å². The SMILES string of the molecule is CC1CCC2C(C(=O)O)=COC[C@H]12. The van der Waals surface area contributed by atoms with Gasteiger partial charge in [0, 0.05) is 11.8 Å². The van der Waals surface area contributed by atoms with Gasteiger partial charge in [-0.3, -0.25) is 0 Å². The van der Waals surface area contributed by atoms with E-state index in [2.05, 4.69) is 6.92 Å². The van der Waals surface area contributed by atoms with Crippen molar-refractivity contribution in [1.29, 1.82) is 0 Å². The van der Waals surface area contributed by atoms with Gasteiger partial charge in [0.1, 0.15) is 0 Å². The molecule has 0 radical (unpaired) electrons. The van der Waals surface area contributed by atoms with Crippen LogP contribution in [0.3, 0.4) is 0 Å². The van der Waals surface area contributed by atoms with Crippen molar-refractivity contribution in [2.45, 2.75) is 19.8 Å². The van der Waals surface area contributed by atoms with Crippen LogP contribution in [0.1, 0.15) is 19.8 Å². The Morgan fingerprint density at radius 1 is 1.62 bits per heavy atom. The number of carboxylic acid groups (broad SMARTS) is 1. The van der Waals surface area contributed by atoms with Gasteiger partial charge < -0.3 is 9.84 Å². The second-order valence-corrected chi connectivity index (χ2v) is 4.04. The predicted octanol–water partition coefficient (Wildman–Crippen LogP) is 1.65. The molecule has 2 unspecified atom stereocenters. The third kappa shape index (κ3) is 1.32. The zero-order chi connectivity index (χ0) is 9.42. The molecule has 1 saturated carbocycles. The van der Waals surface area contributed by atoms with Crippen LogP contribution < -0.4 is 0 Å². The van der Waals surface area contributed by atoms with Crippen LogP contribution in [0.4, 0.5) is 0 Å². The second-order valence-electron chi connectivity index (χ2n) is 4.04. The van der Waals surface area contributed by atoms with Gasteiger partial charge in [-0.05, 0) is 18.8 Å². The van der Waals surface area contributed by atoms with E-state index in [0.29, 0.717) is 24.0 Å². The van der Waals surface area contributed by atoms with Crippen molar-refractivity contribution in [3.8, 4) is 0 Å². The largest absolute Gasteiger partial charge is 0.500 e. The molecule has 1 aliphatic heterocycles. The molecule has 3 nitrogen and oxygen atoms in total. The smallest absolute Gasteiger partial charge is 0.334 e. The Hall–Kier alpha value is -0.990. The third-order valence-electron chi connectivity index (χ3n) is 3.33. The molecule has 3 atom stereocenters. The molecule has 1 aliphatic carbocycles. The highest BCUT2D eigenvalue weighted by Gasteiger charge is 2.40. The Morgan fingerprint density at radius 3 is 3.08 bits per heavy atom. The summed E-state index contributed by atoms with van der Waals surface area (Å²) in [6.07, 6.45) is 3.57. The molecule has 1 fully saturated rings. The fourth-order valence-electron chi connectivity index (χ4n) is 2.48. The first kappa shape index (κ1) is 8.60. The molecule has 3 heteroatoms. The second kappa shape index (κ2) is 3.05. The number of aliphatic carboxylic acids is 1. The molecule has 0 aromatic heterocycles. The number of fused-ring (bicyclic) bond motifs is 1. The highest BCUT2D eigenvalue weighted by atomic mass is 16.5. The standard InChI is InChI=1S/C10H14O3/c1-6-2-3-7-8(6)4-13-5-9(7)10(11)12/h5-8H,2-4H2,1H3,(H,11,12)/t6?,7?,8-/m1/s1. The van der Waals surface area contributed by atoms with Gasteiger partial charge in [-0.1, -0.05) is 6.92 Å². The maximum atomic E-state index is 10.9. The monoisotopic (exact) mass is 182 g/mol. The summed E-state index contributed by atoms with van der Waals surface area (Å²) < 4.78 is 5.18. The first-order valence-corrected chi connectivity index (χ1v) is 4.75. The van der Waals surface area contributed by atoms with Crippen molar-refractivity contribution in [3.05, 3.63) is 11.8 Å². The molecule has 13 heavy (non-hydrogen) atoms. The molecule has 0 amide bonds. The van der Waals surface area contributed by atoms with Crippen LogP contribution in [0.15, 0.2) is 11.8 Å². The average molecular weight is 182 g/mol. The minimum absolute atomic E-state index is 0.237. The molecular formula is C10H14O3. The first-order valence-electron chi connectivity index (χ1n) is 4.75. The lowest BCUT2D eigenvalue weighted by Gasteiger charge is -2.26. The van der Waals surface area contributed by atoms with Crippen molar-refractivity contribution in [2.24, 2.45) is 17.8 Å². The number of carbonyl (C=O) groups is 1. The Morgan fingerprint density at radius 2 is 2.38 bits per heavy atom. The average Bonchev–Trinajstić information content (AvgIpc) is 2.48. The van der Waals surface area contributed by atoms with Crippen molar-refractivity contribution < 1.29 is 14.6 Å². The van der Waals surface area contributed by atoms with Crippen molar-refractivity contribution >= 4 is 5.97 Å². The summed E-state index contributed by atoms with van der Waals surface area (Å²) in [5.74, 6) is 0.453. The normalized spacial score (nSPS) is 37.6. The zero-order valence-corrected chi connectivity index (χ0v) is 7.69. The molecule has 1 heterocycles. The molecule has 2 aliphatic rings. The minimum atomic E-state index is -0.816. The first-order chi connectivity index (χ1) is 6.20. The molecule has 0 spiro atoms. The van der Waals surface area contributed by atoms with E-state index in [-0.39, 0.29) is 5.92 Å². The molecule has 1 N–H and O–H groups in total. The van der Waals surface area contributed by atoms with Gasteiger partial charge >= 0.3 is 5.97 Å². The van der Waals surface area contributed by atoms with Gasteiger partial charge in [0.2, 0.25) is 0 Å². The van der Waals surface area contributed by atoms with E-state index in [9.17, 15) is 4.79 Å². The number of carboxylic acids is 1. The molecule has 72 valence electrons. The predicted molar refractivity (Wildman–Crippen MR) is 47.0 cm³/mol. The van der Waals surface area contributed by atoms with Crippen LogP contribution in [0.25, 0.3) is 0 Å². The van der Waals surface area contributed by atoms with E-state index in [1.54, 1.807) is 0 Å². The molecule has 0 bridgehead atoms. The topological polar surface area (TPSA) is 46.5 Å². The highest BCUT2D eigenvalue weighted by molar-refractivity contribution is 5.87. The highest BCUT2D eigenvalue weighted by Crippen LogP contribution is 2.43. The van der Waals surface area contributed by atoms with Gasteiger partial charge in [-0.15, -0.1) is 0 Å². The fourth-order valence-corrected chi connectivity index (χ4v) is 2.48. The summed E-state index contributed by atoms with van der Waals surface area (Å²) in [5.41, 5.74) is 0.473. The lowest BCUT2D eigenvalue weighted by atomic mass is 9.85. The number of ether oxygens (including phenoxy) is 1. The summed E-state index contributed by atoms with van der Waals surface area (Å²) in [4.78, 5) is 10.9. The summed E-state index contributed by atoms with van der Waals surface area (Å²) in [5, 5.41) is 8.92. The van der Waals surface area contributed by atoms with Crippen molar-refractivity contribution in [2.75, 3.05) is 6.61 Å². The maximum Gasteiger partial charge on any atom is 0.334 e. The molecular weight excluding hydrogens is 168 g/mol. The molecule has 0 aromatic rings. The van der Waals surface area contributed by atoms with Gasteiger partial charge in [0.15, 0.2) is 0 Å². The Balaban J connectivity index is 2.22. The summed E-state index contributed by atoms with van der Waals surface area (Å²) >= 11 is 0. The van der Waals surface area contributed by atoms with E-state index in [1.807, 2.05) is 0 Å². The van der Waals surface area contributed by atoms with E-state index >= 15 is 0 Å². The van der Waals surface area contributed by atoms with Crippen LogP contribution in [-0.4, -0.2) is 17.7 Å². The van der Waals surface area contributed by atoms with Gasteiger partial charge in [-0.25, -0.2) is 4.79 Å². The number of hydrogen-bond donors (Lipinski definition) is 1. The maximum absolute atomic E-state index is 10.9. The van der Waals surface area contributed by atoms with E-state index in [4.69, 9.17) is 9.84 Å². The molecule has 0 aromatic carbocycles. The molecule has 0 saturated heterocycles. The van der Waals surface area contributed by atoms with Crippen LogP contribution in [0.2, 0.25) is 0 Å². The number of hydrogen-bond acceptors (Lipinski definition) is 2. The van der Waals surface area contributed by atoms with Crippen LogP contribution >= 0.6 is 0 Å². The van der Waals surface area contributed by atoms with E-state index < -0.39 is 5.97 Å². The van der Waals surface area contributed by atoms with Crippen LogP contribution in [0, 0.1) is 17.8 Å². The van der Waals surface area contributed by atoms with E-state index in [1.165, 1.54) is 6.26 Å². The van der Waals surface area contributed by atoms with Gasteiger partial charge in [-0.2, -0.15) is 0 Å². The fraction of sp³-hybridized carbons (Fsp3) is 0.700. The summed E-state index contributed by atoms with van der Waals surface area (Å²) in [6, 6.07) is 0. The zero-order valence-electron chi connectivity index (χ0n) is 7.69. The van der Waals surface area contributed by atoms with Gasteiger partial charge in [0.25, 0.3) is 0 Å². The summed E-state index contributed by atoms with van der Waals surface area (Å²) in [7, 11) is 0. The lowest BCUT2D eigenvalue weighted by Crippen LogP contribution is -2.27. The van der Waals surface area contributed by atoms with Crippen molar-refractivity contribution in [3.63, 3.8) is 0 Å².